The second-order valence-corrected chi connectivity index (χ2v) is 6.40. The molecule has 1 fully saturated rings. The molecule has 6 nitrogen and oxygen atoms in total. The first-order valence-corrected chi connectivity index (χ1v) is 8.27. The maximum atomic E-state index is 12.4. The topological polar surface area (TPSA) is 71.4 Å². The fourth-order valence-electron chi connectivity index (χ4n) is 3.09. The van der Waals surface area contributed by atoms with Gasteiger partial charge in [-0.2, -0.15) is 0 Å². The minimum Gasteiger partial charge on any atom is -0.350 e. The molecule has 2 amide bonds. The predicted octanol–water partition coefficient (Wildman–Crippen LogP) is 1.48. The predicted molar refractivity (Wildman–Crippen MR) is 95.7 cm³/mol. The number of carbonyl (C=O) groups is 2. The summed E-state index contributed by atoms with van der Waals surface area (Å²) < 4.78 is 1.69. The normalized spacial score (nSPS) is 17.0. The van der Waals surface area contributed by atoms with Crippen molar-refractivity contribution in [3.05, 3.63) is 64.1 Å². The lowest BCUT2D eigenvalue weighted by molar-refractivity contribution is -0.117. The van der Waals surface area contributed by atoms with E-state index >= 15 is 0 Å². The van der Waals surface area contributed by atoms with E-state index in [-0.39, 0.29) is 23.2 Å². The van der Waals surface area contributed by atoms with Crippen LogP contribution in [0.1, 0.15) is 22.6 Å². The quantitative estimate of drug-likeness (QED) is 0.917. The van der Waals surface area contributed by atoms with Gasteiger partial charge < -0.3 is 14.8 Å². The van der Waals surface area contributed by atoms with Crippen molar-refractivity contribution in [2.45, 2.75) is 13.3 Å². The number of carbonyl (C=O) groups excluding carboxylic acids is 2. The van der Waals surface area contributed by atoms with E-state index in [0.717, 1.165) is 11.4 Å². The van der Waals surface area contributed by atoms with Crippen molar-refractivity contribution in [1.29, 1.82) is 0 Å². The Hall–Kier alpha value is -2.89. The number of benzene rings is 1. The summed E-state index contributed by atoms with van der Waals surface area (Å²) in [7, 11) is 1.75. The first-order chi connectivity index (χ1) is 12.0. The summed E-state index contributed by atoms with van der Waals surface area (Å²) in [5, 5.41) is 2.85. The SMILES string of the molecule is Cc1cc(=O)cc(C(=O)NCC2CC(=O)N(c3ccccc3)C2)n1C. The van der Waals surface area contributed by atoms with Crippen LogP contribution < -0.4 is 15.6 Å². The lowest BCUT2D eigenvalue weighted by Crippen LogP contribution is -2.33. The molecule has 1 unspecified atom stereocenters. The van der Waals surface area contributed by atoms with Crippen molar-refractivity contribution in [1.82, 2.24) is 9.88 Å². The summed E-state index contributed by atoms with van der Waals surface area (Å²) in [6.07, 6.45) is 0.405. The third-order valence-corrected chi connectivity index (χ3v) is 4.58. The van der Waals surface area contributed by atoms with Crippen LogP contribution in [0, 0.1) is 12.8 Å². The molecule has 1 N–H and O–H groups in total. The van der Waals surface area contributed by atoms with Gasteiger partial charge in [-0.25, -0.2) is 0 Å². The molecule has 0 bridgehead atoms. The zero-order valence-electron chi connectivity index (χ0n) is 14.4. The Kier molecular flexibility index (Phi) is 4.70. The summed E-state index contributed by atoms with van der Waals surface area (Å²) >= 11 is 0. The largest absolute Gasteiger partial charge is 0.350 e. The minimum atomic E-state index is -0.297. The molecule has 0 radical (unpaired) electrons. The molecule has 1 saturated heterocycles. The van der Waals surface area contributed by atoms with Gasteiger partial charge in [0, 0.05) is 56.0 Å². The number of nitrogens with one attached hydrogen (secondary N) is 1. The van der Waals surface area contributed by atoms with Crippen LogP contribution >= 0.6 is 0 Å². The van der Waals surface area contributed by atoms with E-state index in [1.54, 1.807) is 23.4 Å². The highest BCUT2D eigenvalue weighted by molar-refractivity contribution is 5.96. The second kappa shape index (κ2) is 6.93. The minimum absolute atomic E-state index is 0.0542. The highest BCUT2D eigenvalue weighted by atomic mass is 16.2. The monoisotopic (exact) mass is 339 g/mol. The molecule has 0 spiro atoms. The Bertz CT molecular complexity index is 858. The van der Waals surface area contributed by atoms with E-state index in [1.165, 1.54) is 12.1 Å². The molecule has 1 aromatic carbocycles. The van der Waals surface area contributed by atoms with E-state index in [9.17, 15) is 14.4 Å². The number of aryl methyl sites for hydroxylation is 1. The standard InChI is InChI=1S/C19H21N3O3/c1-13-8-16(23)10-17(21(13)2)19(25)20-11-14-9-18(24)22(12-14)15-6-4-3-5-7-15/h3-8,10,14H,9,11-12H2,1-2H3,(H,20,25). The van der Waals surface area contributed by atoms with Gasteiger partial charge in [-0.3, -0.25) is 14.4 Å². The van der Waals surface area contributed by atoms with Crippen molar-refractivity contribution in [2.24, 2.45) is 13.0 Å². The van der Waals surface area contributed by atoms with Crippen LogP contribution in [-0.4, -0.2) is 29.5 Å². The fourth-order valence-corrected chi connectivity index (χ4v) is 3.09. The van der Waals surface area contributed by atoms with Gasteiger partial charge in [0.05, 0.1) is 0 Å². The van der Waals surface area contributed by atoms with E-state index in [2.05, 4.69) is 5.32 Å². The summed E-state index contributed by atoms with van der Waals surface area (Å²) in [5.74, 6) is -0.180. The summed E-state index contributed by atoms with van der Waals surface area (Å²) in [5.41, 5.74) is 1.74. The maximum absolute atomic E-state index is 12.4. The van der Waals surface area contributed by atoms with Crippen molar-refractivity contribution in [3.63, 3.8) is 0 Å². The van der Waals surface area contributed by atoms with Gasteiger partial charge in [0.1, 0.15) is 5.69 Å². The molecule has 2 aromatic rings. The lowest BCUT2D eigenvalue weighted by atomic mass is 10.1. The number of rotatable bonds is 4. The van der Waals surface area contributed by atoms with Gasteiger partial charge in [0.2, 0.25) is 5.91 Å². The number of amides is 2. The summed E-state index contributed by atoms with van der Waals surface area (Å²) in [6, 6.07) is 12.3. The van der Waals surface area contributed by atoms with Crippen LogP contribution in [0.2, 0.25) is 0 Å². The first kappa shape index (κ1) is 17.0. The van der Waals surface area contributed by atoms with Gasteiger partial charge >= 0.3 is 0 Å². The Balaban J connectivity index is 1.64. The van der Waals surface area contributed by atoms with Crippen molar-refractivity contribution >= 4 is 17.5 Å². The number of anilines is 1. The highest BCUT2D eigenvalue weighted by Gasteiger charge is 2.30. The van der Waals surface area contributed by atoms with Gasteiger partial charge in [0.25, 0.3) is 5.91 Å². The van der Waals surface area contributed by atoms with Gasteiger partial charge in [-0.15, -0.1) is 0 Å². The number of nitrogens with zero attached hydrogens (tertiary/aromatic N) is 2. The molecule has 130 valence electrons. The summed E-state index contributed by atoms with van der Waals surface area (Å²) in [4.78, 5) is 38.0. The number of aromatic nitrogens is 1. The molecule has 2 heterocycles. The van der Waals surface area contributed by atoms with E-state index in [0.29, 0.717) is 25.2 Å². The first-order valence-electron chi connectivity index (χ1n) is 8.27. The maximum Gasteiger partial charge on any atom is 0.268 e. The Morgan fingerprint density at radius 2 is 1.92 bits per heavy atom. The lowest BCUT2D eigenvalue weighted by Gasteiger charge is -2.17. The molecule has 3 rings (SSSR count). The van der Waals surface area contributed by atoms with Crippen LogP contribution in [0.4, 0.5) is 5.69 Å². The molecule has 1 aromatic heterocycles. The molecule has 0 aliphatic carbocycles. The molecule has 6 heteroatoms. The number of hydrogen-bond acceptors (Lipinski definition) is 3. The number of pyridine rings is 1. The molecule has 25 heavy (non-hydrogen) atoms. The molecule has 0 saturated carbocycles. The zero-order valence-corrected chi connectivity index (χ0v) is 14.4. The molecular weight excluding hydrogens is 318 g/mol. The zero-order chi connectivity index (χ0) is 18.0. The Morgan fingerprint density at radius 1 is 1.20 bits per heavy atom. The number of para-hydroxylation sites is 1. The summed E-state index contributed by atoms with van der Waals surface area (Å²) in [6.45, 7) is 2.76. The second-order valence-electron chi connectivity index (χ2n) is 6.40. The Morgan fingerprint density at radius 3 is 2.64 bits per heavy atom. The van der Waals surface area contributed by atoms with Crippen molar-refractivity contribution in [2.75, 3.05) is 18.0 Å². The van der Waals surface area contributed by atoms with Crippen molar-refractivity contribution < 1.29 is 9.59 Å². The van der Waals surface area contributed by atoms with Crippen LogP contribution in [0.3, 0.4) is 0 Å². The van der Waals surface area contributed by atoms with Crippen LogP contribution in [0.25, 0.3) is 0 Å². The Labute approximate surface area is 146 Å². The highest BCUT2D eigenvalue weighted by Crippen LogP contribution is 2.24. The average Bonchev–Trinajstić information content (AvgIpc) is 2.97. The number of hydrogen-bond donors (Lipinski definition) is 1. The van der Waals surface area contributed by atoms with E-state index in [1.807, 2.05) is 30.3 Å². The van der Waals surface area contributed by atoms with Crippen molar-refractivity contribution in [3.8, 4) is 0 Å². The molecular formula is C19H21N3O3. The van der Waals surface area contributed by atoms with Gasteiger partial charge in [-0.05, 0) is 19.1 Å². The molecule has 1 atom stereocenters. The van der Waals surface area contributed by atoms with Crippen LogP contribution in [0.15, 0.2) is 47.3 Å². The van der Waals surface area contributed by atoms with E-state index < -0.39 is 0 Å². The third kappa shape index (κ3) is 3.63. The molecule has 1 aliphatic heterocycles. The van der Waals surface area contributed by atoms with Gasteiger partial charge in [-0.1, -0.05) is 18.2 Å². The third-order valence-electron chi connectivity index (χ3n) is 4.58. The smallest absolute Gasteiger partial charge is 0.268 e. The average molecular weight is 339 g/mol. The van der Waals surface area contributed by atoms with Crippen LogP contribution in [0.5, 0.6) is 0 Å². The molecule has 1 aliphatic rings. The van der Waals surface area contributed by atoms with Crippen LogP contribution in [-0.2, 0) is 11.8 Å². The van der Waals surface area contributed by atoms with Gasteiger partial charge in [0.15, 0.2) is 5.43 Å². The van der Waals surface area contributed by atoms with E-state index in [4.69, 9.17) is 0 Å². The fraction of sp³-hybridized carbons (Fsp3) is 0.316.